The molecule has 0 aromatic carbocycles. The molecular weight excluding hydrogens is 462 g/mol. The van der Waals surface area contributed by atoms with Crippen molar-refractivity contribution in [3.05, 3.63) is 12.4 Å². The molecule has 0 heterocycles. The van der Waals surface area contributed by atoms with Crippen molar-refractivity contribution in [1.82, 2.24) is 0 Å². The van der Waals surface area contributed by atoms with E-state index >= 15 is 0 Å². The van der Waals surface area contributed by atoms with E-state index in [0.717, 1.165) is 0 Å². The molecule has 0 fully saturated rings. The van der Waals surface area contributed by atoms with Gasteiger partial charge in [0.25, 0.3) is 0 Å². The second-order valence-electron chi connectivity index (χ2n) is 8.88. The summed E-state index contributed by atoms with van der Waals surface area (Å²) in [6.07, 6.45) is 30.4. The van der Waals surface area contributed by atoms with Gasteiger partial charge >= 0.3 is 23.9 Å². The third-order valence-electron chi connectivity index (χ3n) is 6.26. The molecule has 2 heteroatoms. The summed E-state index contributed by atoms with van der Waals surface area (Å²) in [5.74, 6) is 2.48. The van der Waals surface area contributed by atoms with E-state index in [9.17, 15) is 0 Å². The van der Waals surface area contributed by atoms with Crippen LogP contribution in [0.5, 0.6) is 0 Å². The molecule has 170 valence electrons. The first kappa shape index (κ1) is 31.2. The number of hydrogen-bond donors (Lipinski definition) is 0. The summed E-state index contributed by atoms with van der Waals surface area (Å²) in [5.41, 5.74) is 0. The Morgan fingerprint density at radius 3 is 0.964 bits per heavy atom. The van der Waals surface area contributed by atoms with Gasteiger partial charge in [0.1, 0.15) is 0 Å². The number of unbranched alkanes of at least 4 members (excludes halogenated alkanes) is 15. The minimum absolute atomic E-state index is 0. The first-order chi connectivity index (χ1) is 13.2. The Hall–Kier alpha value is 0.969. The van der Waals surface area contributed by atoms with Crippen molar-refractivity contribution in [2.75, 3.05) is 18.5 Å². The van der Waals surface area contributed by atoms with Gasteiger partial charge in [-0.05, 0) is 38.5 Å². The summed E-state index contributed by atoms with van der Waals surface area (Å²) >= 11 is 0. The van der Waals surface area contributed by atoms with Crippen LogP contribution in [0, 0.1) is 0 Å². The van der Waals surface area contributed by atoms with Crippen LogP contribution in [0.4, 0.5) is 0 Å². The molecule has 0 aromatic heterocycles. The third kappa shape index (κ3) is 19.0. The van der Waals surface area contributed by atoms with Gasteiger partial charge in [-0.15, -0.1) is 0 Å². The Kier molecular flexibility index (Phi) is 27.0. The monoisotopic (exact) mass is 521 g/mol. The van der Waals surface area contributed by atoms with Crippen molar-refractivity contribution in [3.63, 3.8) is 0 Å². The summed E-state index contributed by atoms with van der Waals surface area (Å²) < 4.78 is 0. The molecule has 0 spiro atoms. The van der Waals surface area contributed by atoms with Crippen LogP contribution in [0.25, 0.3) is 0 Å². The average Bonchev–Trinajstić information content (AvgIpc) is 2.69. The van der Waals surface area contributed by atoms with E-state index in [1.54, 1.807) is 0 Å². The topological polar surface area (TPSA) is 0 Å². The van der Waals surface area contributed by atoms with Gasteiger partial charge in [-0.3, -0.25) is 0 Å². The molecule has 0 nitrogen and oxygen atoms in total. The SMILES string of the molecule is C=C[P+](CCCCCCCC)(CCCCCCCC)CCCCCCCC.[SnH4]. The van der Waals surface area contributed by atoms with E-state index in [1.807, 2.05) is 0 Å². The van der Waals surface area contributed by atoms with Gasteiger partial charge in [0.05, 0.1) is 24.3 Å². The van der Waals surface area contributed by atoms with Crippen LogP contribution >= 0.6 is 7.26 Å². The Labute approximate surface area is 197 Å². The average molecular weight is 520 g/mol. The normalized spacial score (nSPS) is 11.4. The third-order valence-corrected chi connectivity index (χ3v) is 10.7. The molecule has 0 atom stereocenters. The summed E-state index contributed by atoms with van der Waals surface area (Å²) in [7, 11) is -0.880. The van der Waals surface area contributed by atoms with E-state index in [0.29, 0.717) is 0 Å². The zero-order valence-corrected chi connectivity index (χ0v) is 20.5. The van der Waals surface area contributed by atoms with Crippen molar-refractivity contribution in [2.24, 2.45) is 0 Å². The van der Waals surface area contributed by atoms with Crippen molar-refractivity contribution in [1.29, 1.82) is 0 Å². The summed E-state index contributed by atoms with van der Waals surface area (Å²) in [6, 6.07) is 0. The number of rotatable bonds is 22. The van der Waals surface area contributed by atoms with Crippen LogP contribution in [0.2, 0.25) is 0 Å². The predicted octanol–water partition coefficient (Wildman–Crippen LogP) is 8.78. The van der Waals surface area contributed by atoms with Gasteiger partial charge in [0, 0.05) is 7.26 Å². The Balaban J connectivity index is 0. The molecule has 0 aliphatic carbocycles. The standard InChI is InChI=1S/C26H54P.Sn.4H/c1-5-9-12-15-18-21-24-27(8-4,25-22-19-16-13-10-6-2)26-23-20-17-14-11-7-3;;;;;/h8H,4-7,9-26H2,1-3H3;;;;;/q+1;;;;;. The van der Waals surface area contributed by atoms with Gasteiger partial charge < -0.3 is 0 Å². The van der Waals surface area contributed by atoms with Crippen LogP contribution in [0.15, 0.2) is 12.4 Å². The zero-order valence-electron chi connectivity index (χ0n) is 19.6. The predicted molar refractivity (Wildman–Crippen MR) is 143 cm³/mol. The van der Waals surface area contributed by atoms with Crippen LogP contribution in [0.3, 0.4) is 0 Å². The van der Waals surface area contributed by atoms with Gasteiger partial charge in [-0.2, -0.15) is 0 Å². The van der Waals surface area contributed by atoms with Gasteiger partial charge in [-0.25, -0.2) is 0 Å². The van der Waals surface area contributed by atoms with E-state index in [1.165, 1.54) is 134 Å². The van der Waals surface area contributed by atoms with Crippen LogP contribution in [-0.4, -0.2) is 42.4 Å². The maximum atomic E-state index is 4.37. The molecule has 0 rings (SSSR count). The van der Waals surface area contributed by atoms with Crippen molar-refractivity contribution in [2.45, 2.75) is 136 Å². The molecule has 28 heavy (non-hydrogen) atoms. The molecule has 0 N–H and O–H groups in total. The quantitative estimate of drug-likeness (QED) is 0.0761. The zero-order chi connectivity index (χ0) is 20.1. The van der Waals surface area contributed by atoms with Crippen molar-refractivity contribution in [3.8, 4) is 0 Å². The molecule has 0 saturated carbocycles. The summed E-state index contributed by atoms with van der Waals surface area (Å²) in [4.78, 5) is 0. The molecular formula is C26H58PSn+. The Morgan fingerprint density at radius 2 is 0.714 bits per heavy atom. The molecule has 0 amide bonds. The van der Waals surface area contributed by atoms with Crippen molar-refractivity contribution >= 4 is 31.2 Å². The second-order valence-corrected chi connectivity index (χ2v) is 13.0. The Bertz CT molecular complexity index is 262. The maximum absolute atomic E-state index is 4.37. The van der Waals surface area contributed by atoms with Crippen LogP contribution in [0.1, 0.15) is 136 Å². The molecule has 0 unspecified atom stereocenters. The minimum atomic E-state index is -0.880. The van der Waals surface area contributed by atoms with E-state index in [-0.39, 0.29) is 23.9 Å². The fourth-order valence-electron chi connectivity index (χ4n) is 4.23. The first-order valence-corrected chi connectivity index (χ1v) is 15.2. The summed E-state index contributed by atoms with van der Waals surface area (Å²) in [5, 5.41) is 0. The van der Waals surface area contributed by atoms with Crippen LogP contribution < -0.4 is 0 Å². The second kappa shape index (κ2) is 24.2. The molecule has 0 radical (unpaired) electrons. The molecule has 0 bridgehead atoms. The fourth-order valence-corrected chi connectivity index (χ4v) is 8.01. The number of hydrogen-bond acceptors (Lipinski definition) is 0. The van der Waals surface area contributed by atoms with E-state index in [2.05, 4.69) is 33.2 Å². The molecule has 0 aliphatic heterocycles. The van der Waals surface area contributed by atoms with Gasteiger partial charge in [0.15, 0.2) is 0 Å². The Morgan fingerprint density at radius 1 is 0.464 bits per heavy atom. The van der Waals surface area contributed by atoms with Crippen LogP contribution in [-0.2, 0) is 0 Å². The fraction of sp³-hybridized carbons (Fsp3) is 0.923. The molecule has 0 aliphatic rings. The van der Waals surface area contributed by atoms with Crippen molar-refractivity contribution < 1.29 is 0 Å². The van der Waals surface area contributed by atoms with E-state index < -0.39 is 7.26 Å². The van der Waals surface area contributed by atoms with Gasteiger partial charge in [0.2, 0.25) is 0 Å². The summed E-state index contributed by atoms with van der Waals surface area (Å²) in [6.45, 7) is 11.3. The molecule has 0 aromatic rings. The molecule has 0 saturated heterocycles. The van der Waals surface area contributed by atoms with Gasteiger partial charge in [-0.1, -0.05) is 104 Å². The van der Waals surface area contributed by atoms with E-state index in [4.69, 9.17) is 0 Å². The first-order valence-electron chi connectivity index (χ1n) is 12.7.